The molecule has 0 saturated carbocycles. The molecule has 0 amide bonds. The molecule has 0 aliphatic rings. The van der Waals surface area contributed by atoms with Gasteiger partial charge in [-0.25, -0.2) is 0 Å². The zero-order valence-corrected chi connectivity index (χ0v) is 7.19. The van der Waals surface area contributed by atoms with Crippen molar-refractivity contribution in [3.8, 4) is 0 Å². The van der Waals surface area contributed by atoms with E-state index >= 15 is 0 Å². The number of fused-ring (bicyclic) bond motifs is 1. The highest BCUT2D eigenvalue weighted by atomic mass is 16.1. The highest BCUT2D eigenvalue weighted by molar-refractivity contribution is 5.83. The van der Waals surface area contributed by atoms with E-state index in [2.05, 4.69) is 5.10 Å². The standard InChI is InChI=1S/C9H9N3O/c1-6-7-4-2-3-5-8(7)9(13)12(10)11-6/h2-5H,10H2,1H3. The van der Waals surface area contributed by atoms with Gasteiger partial charge in [0.1, 0.15) is 0 Å². The van der Waals surface area contributed by atoms with Crippen molar-refractivity contribution in [1.29, 1.82) is 0 Å². The van der Waals surface area contributed by atoms with Crippen LogP contribution in [0, 0.1) is 6.92 Å². The van der Waals surface area contributed by atoms with Crippen LogP contribution in [-0.4, -0.2) is 9.89 Å². The summed E-state index contributed by atoms with van der Waals surface area (Å²) in [5.41, 5.74) is 0.499. The highest BCUT2D eigenvalue weighted by Gasteiger charge is 2.03. The van der Waals surface area contributed by atoms with E-state index in [-0.39, 0.29) is 5.56 Å². The average Bonchev–Trinajstić information content (AvgIpc) is 2.15. The smallest absolute Gasteiger partial charge is 0.293 e. The first kappa shape index (κ1) is 7.79. The zero-order valence-electron chi connectivity index (χ0n) is 7.19. The van der Waals surface area contributed by atoms with Gasteiger partial charge in [0.25, 0.3) is 5.56 Å². The van der Waals surface area contributed by atoms with Crippen molar-refractivity contribution in [2.24, 2.45) is 0 Å². The molecule has 2 aromatic rings. The molecule has 0 aliphatic carbocycles. The Hall–Kier alpha value is -1.84. The van der Waals surface area contributed by atoms with E-state index in [9.17, 15) is 4.79 Å². The Kier molecular flexibility index (Phi) is 1.55. The summed E-state index contributed by atoms with van der Waals surface area (Å²) in [7, 11) is 0. The summed E-state index contributed by atoms with van der Waals surface area (Å²) in [4.78, 5) is 12.3. The van der Waals surface area contributed by atoms with E-state index in [1.165, 1.54) is 0 Å². The molecule has 1 heterocycles. The number of rotatable bonds is 0. The quantitative estimate of drug-likeness (QED) is 0.590. The van der Waals surface area contributed by atoms with Gasteiger partial charge >= 0.3 is 0 Å². The summed E-state index contributed by atoms with van der Waals surface area (Å²) in [5, 5.41) is 5.35. The second-order valence-electron chi connectivity index (χ2n) is 2.88. The Morgan fingerprint density at radius 3 is 2.62 bits per heavy atom. The van der Waals surface area contributed by atoms with Crippen molar-refractivity contribution >= 4 is 10.8 Å². The minimum absolute atomic E-state index is 0.263. The lowest BCUT2D eigenvalue weighted by molar-refractivity contribution is 0.759. The van der Waals surface area contributed by atoms with Crippen molar-refractivity contribution in [3.05, 3.63) is 40.3 Å². The molecule has 2 N–H and O–H groups in total. The molecule has 0 fully saturated rings. The SMILES string of the molecule is Cc1nn(N)c(=O)c2ccccc12. The van der Waals surface area contributed by atoms with Gasteiger partial charge in [-0.15, -0.1) is 4.79 Å². The molecule has 0 spiro atoms. The number of benzene rings is 1. The molecule has 0 aliphatic heterocycles. The van der Waals surface area contributed by atoms with Crippen molar-refractivity contribution in [2.75, 3.05) is 5.84 Å². The minimum Gasteiger partial charge on any atom is -0.320 e. The fourth-order valence-corrected chi connectivity index (χ4v) is 1.37. The molecule has 0 bridgehead atoms. The number of hydrogen-bond acceptors (Lipinski definition) is 3. The monoisotopic (exact) mass is 175 g/mol. The van der Waals surface area contributed by atoms with E-state index < -0.39 is 0 Å². The predicted molar refractivity (Wildman–Crippen MR) is 50.9 cm³/mol. The largest absolute Gasteiger partial charge is 0.320 e. The number of aryl methyl sites for hydroxylation is 1. The average molecular weight is 175 g/mol. The second kappa shape index (κ2) is 2.58. The van der Waals surface area contributed by atoms with Crippen LogP contribution in [0.1, 0.15) is 5.69 Å². The third-order valence-corrected chi connectivity index (χ3v) is 2.01. The van der Waals surface area contributed by atoms with Gasteiger partial charge < -0.3 is 5.84 Å². The summed E-state index contributed by atoms with van der Waals surface area (Å²) in [6.45, 7) is 1.82. The molecule has 1 aromatic carbocycles. The van der Waals surface area contributed by atoms with Gasteiger partial charge in [-0.1, -0.05) is 18.2 Å². The number of nitrogens with zero attached hydrogens (tertiary/aromatic N) is 2. The molecular formula is C9H9N3O. The predicted octanol–water partition coefficient (Wildman–Crippen LogP) is 0.419. The van der Waals surface area contributed by atoms with Crippen LogP contribution in [0.3, 0.4) is 0 Å². The summed E-state index contributed by atoms with van der Waals surface area (Å²) < 4.78 is 0. The minimum atomic E-state index is -0.263. The van der Waals surface area contributed by atoms with Gasteiger partial charge in [0, 0.05) is 5.39 Å². The van der Waals surface area contributed by atoms with Gasteiger partial charge in [-0.05, 0) is 13.0 Å². The molecule has 4 heteroatoms. The van der Waals surface area contributed by atoms with Crippen LogP contribution in [0.2, 0.25) is 0 Å². The molecule has 66 valence electrons. The number of hydrogen-bond donors (Lipinski definition) is 1. The van der Waals surface area contributed by atoms with E-state index in [0.717, 1.165) is 15.9 Å². The van der Waals surface area contributed by atoms with Crippen molar-refractivity contribution in [2.45, 2.75) is 6.92 Å². The third kappa shape index (κ3) is 1.07. The molecule has 0 radical (unpaired) electrons. The second-order valence-corrected chi connectivity index (χ2v) is 2.88. The number of nitrogen functional groups attached to an aromatic ring is 1. The van der Waals surface area contributed by atoms with Crippen LogP contribution in [0.15, 0.2) is 29.1 Å². The fourth-order valence-electron chi connectivity index (χ4n) is 1.37. The lowest BCUT2D eigenvalue weighted by Crippen LogP contribution is -2.30. The van der Waals surface area contributed by atoms with E-state index in [4.69, 9.17) is 5.84 Å². The van der Waals surface area contributed by atoms with Crippen molar-refractivity contribution in [1.82, 2.24) is 9.89 Å². The maximum atomic E-state index is 11.5. The van der Waals surface area contributed by atoms with Crippen molar-refractivity contribution in [3.63, 3.8) is 0 Å². The molecule has 2 rings (SSSR count). The fraction of sp³-hybridized carbons (Fsp3) is 0.111. The Balaban J connectivity index is 3.06. The Morgan fingerprint density at radius 1 is 1.31 bits per heavy atom. The first-order valence-corrected chi connectivity index (χ1v) is 3.94. The summed E-state index contributed by atoms with van der Waals surface area (Å²) in [6, 6.07) is 7.29. The molecule has 4 nitrogen and oxygen atoms in total. The normalized spacial score (nSPS) is 10.5. The van der Waals surface area contributed by atoms with Crippen LogP contribution in [0.5, 0.6) is 0 Å². The van der Waals surface area contributed by atoms with Gasteiger partial charge in [0.15, 0.2) is 0 Å². The summed E-state index contributed by atoms with van der Waals surface area (Å²) in [5.74, 6) is 5.38. The first-order chi connectivity index (χ1) is 6.20. The van der Waals surface area contributed by atoms with E-state index in [0.29, 0.717) is 5.39 Å². The van der Waals surface area contributed by atoms with Gasteiger partial charge in [-0.2, -0.15) is 5.10 Å². The van der Waals surface area contributed by atoms with Crippen LogP contribution in [0.25, 0.3) is 10.8 Å². The Labute approximate surface area is 74.6 Å². The molecule has 0 atom stereocenters. The highest BCUT2D eigenvalue weighted by Crippen LogP contribution is 2.10. The summed E-state index contributed by atoms with van der Waals surface area (Å²) >= 11 is 0. The maximum absolute atomic E-state index is 11.5. The lowest BCUT2D eigenvalue weighted by Gasteiger charge is -2.02. The van der Waals surface area contributed by atoms with Crippen molar-refractivity contribution < 1.29 is 0 Å². The molecule has 0 saturated heterocycles. The molecule has 13 heavy (non-hydrogen) atoms. The molecule has 1 aromatic heterocycles. The van der Waals surface area contributed by atoms with E-state index in [1.54, 1.807) is 6.07 Å². The Morgan fingerprint density at radius 2 is 1.92 bits per heavy atom. The molecular weight excluding hydrogens is 166 g/mol. The number of aromatic nitrogens is 2. The van der Waals surface area contributed by atoms with E-state index in [1.807, 2.05) is 25.1 Å². The Bertz CT molecular complexity index is 516. The lowest BCUT2D eigenvalue weighted by atomic mass is 10.1. The maximum Gasteiger partial charge on any atom is 0.293 e. The third-order valence-electron chi connectivity index (χ3n) is 2.01. The summed E-state index contributed by atoms with van der Waals surface area (Å²) in [6.07, 6.45) is 0. The number of nitrogens with two attached hydrogens (primary N) is 1. The van der Waals surface area contributed by atoms with Gasteiger partial charge in [0.05, 0.1) is 11.1 Å². The molecule has 0 unspecified atom stereocenters. The van der Waals surface area contributed by atoms with Crippen LogP contribution < -0.4 is 11.4 Å². The first-order valence-electron chi connectivity index (χ1n) is 3.94. The van der Waals surface area contributed by atoms with Crippen LogP contribution in [-0.2, 0) is 0 Å². The zero-order chi connectivity index (χ0) is 9.42. The topological polar surface area (TPSA) is 60.9 Å². The van der Waals surface area contributed by atoms with Gasteiger partial charge in [0.2, 0.25) is 0 Å². The van der Waals surface area contributed by atoms with Crippen LogP contribution in [0.4, 0.5) is 0 Å². The van der Waals surface area contributed by atoms with Gasteiger partial charge in [-0.3, -0.25) is 4.79 Å². The van der Waals surface area contributed by atoms with Crippen LogP contribution >= 0.6 is 0 Å².